The maximum Gasteiger partial charge on any atom is 0.425 e. The molecule has 0 aromatic heterocycles. The zero-order valence-electron chi connectivity index (χ0n) is 17.9. The van der Waals surface area contributed by atoms with Gasteiger partial charge in [-0.2, -0.15) is 17.4 Å². The zero-order valence-corrected chi connectivity index (χ0v) is 18.7. The molecule has 0 aliphatic rings. The monoisotopic (exact) mass is 444 g/mol. The second-order valence-electron chi connectivity index (χ2n) is 7.86. The van der Waals surface area contributed by atoms with Crippen molar-refractivity contribution in [3.8, 4) is 0 Å². The van der Waals surface area contributed by atoms with E-state index < -0.39 is 45.9 Å². The van der Waals surface area contributed by atoms with Gasteiger partial charge in [0.05, 0.1) is 7.11 Å². The Balaban J connectivity index is 3.05. The number of benzene rings is 1. The van der Waals surface area contributed by atoms with E-state index in [4.69, 9.17) is 9.47 Å². The van der Waals surface area contributed by atoms with Crippen molar-refractivity contribution < 1.29 is 37.0 Å². The van der Waals surface area contributed by atoms with E-state index in [1.807, 2.05) is 4.72 Å². The second kappa shape index (κ2) is 9.90. The summed E-state index contributed by atoms with van der Waals surface area (Å²) in [6, 6.07) is 8.72. The van der Waals surface area contributed by atoms with Crippen molar-refractivity contribution in [1.82, 2.24) is 9.03 Å². The number of methoxy groups -OCH3 is 1. The Labute approximate surface area is 176 Å². The standard InChI is InChI=1S/C19H28N2O8S/c1-18(2,3)29-17(24)21(30(25,26)20-19(4,5)16(23)27-6)12-15(22)28-13-14-10-8-7-9-11-14/h7-11,20H,12-13H2,1-6H3. The number of hydrogen-bond acceptors (Lipinski definition) is 8. The van der Waals surface area contributed by atoms with Crippen molar-refractivity contribution in [3.05, 3.63) is 35.9 Å². The van der Waals surface area contributed by atoms with Crippen molar-refractivity contribution >= 4 is 28.2 Å². The summed E-state index contributed by atoms with van der Waals surface area (Å²) < 4.78 is 42.5. The summed E-state index contributed by atoms with van der Waals surface area (Å²) in [7, 11) is -3.59. The summed E-state index contributed by atoms with van der Waals surface area (Å²) in [6.45, 7) is 6.05. The molecule has 1 rings (SSSR count). The number of carbonyl (C=O) groups excluding carboxylic acids is 3. The lowest BCUT2D eigenvalue weighted by molar-refractivity contribution is -0.146. The Morgan fingerprint density at radius 3 is 2.10 bits per heavy atom. The molecule has 11 heteroatoms. The molecule has 0 radical (unpaired) electrons. The number of esters is 2. The Kier molecular flexibility index (Phi) is 8.37. The Hall–Kier alpha value is -2.66. The number of ether oxygens (including phenoxy) is 3. The van der Waals surface area contributed by atoms with E-state index in [0.717, 1.165) is 7.11 Å². The molecule has 10 nitrogen and oxygen atoms in total. The van der Waals surface area contributed by atoms with E-state index in [2.05, 4.69) is 4.74 Å². The van der Waals surface area contributed by atoms with Crippen LogP contribution in [0.5, 0.6) is 0 Å². The van der Waals surface area contributed by atoms with Gasteiger partial charge >= 0.3 is 28.2 Å². The van der Waals surface area contributed by atoms with Gasteiger partial charge in [-0.05, 0) is 40.2 Å². The van der Waals surface area contributed by atoms with Crippen LogP contribution in [-0.4, -0.2) is 55.5 Å². The Bertz CT molecular complexity index is 860. The molecule has 0 fully saturated rings. The van der Waals surface area contributed by atoms with E-state index in [1.165, 1.54) is 34.6 Å². The lowest BCUT2D eigenvalue weighted by Gasteiger charge is -2.29. The lowest BCUT2D eigenvalue weighted by Crippen LogP contribution is -2.57. The van der Waals surface area contributed by atoms with Gasteiger partial charge in [0.1, 0.15) is 24.3 Å². The van der Waals surface area contributed by atoms with Crippen LogP contribution in [-0.2, 0) is 40.6 Å². The van der Waals surface area contributed by atoms with Gasteiger partial charge in [0, 0.05) is 0 Å². The normalized spacial score (nSPS) is 12.1. The number of rotatable bonds is 8. The van der Waals surface area contributed by atoms with E-state index in [9.17, 15) is 22.8 Å². The molecule has 1 N–H and O–H groups in total. The predicted octanol–water partition coefficient (Wildman–Crippen LogP) is 1.75. The van der Waals surface area contributed by atoms with Gasteiger partial charge in [0.25, 0.3) is 0 Å². The molecule has 168 valence electrons. The minimum atomic E-state index is -4.68. The predicted molar refractivity (Wildman–Crippen MR) is 107 cm³/mol. The number of hydrogen-bond donors (Lipinski definition) is 1. The highest BCUT2D eigenvalue weighted by atomic mass is 32.2. The average Bonchev–Trinajstić information content (AvgIpc) is 2.62. The first-order valence-corrected chi connectivity index (χ1v) is 10.4. The maximum atomic E-state index is 12.8. The topological polar surface area (TPSA) is 128 Å². The molecule has 0 aliphatic carbocycles. The highest BCUT2D eigenvalue weighted by molar-refractivity contribution is 7.87. The minimum absolute atomic E-state index is 0.108. The van der Waals surface area contributed by atoms with E-state index in [-0.39, 0.29) is 10.9 Å². The van der Waals surface area contributed by atoms with E-state index >= 15 is 0 Å². The molecule has 1 amide bonds. The first-order chi connectivity index (χ1) is 13.7. The van der Waals surface area contributed by atoms with Crippen molar-refractivity contribution in [2.24, 2.45) is 0 Å². The quantitative estimate of drug-likeness (QED) is 0.474. The molecule has 0 atom stereocenters. The highest BCUT2D eigenvalue weighted by Crippen LogP contribution is 2.15. The first-order valence-electron chi connectivity index (χ1n) is 9.00. The van der Waals surface area contributed by atoms with Crippen LogP contribution in [0.3, 0.4) is 0 Å². The van der Waals surface area contributed by atoms with Crippen LogP contribution < -0.4 is 4.72 Å². The summed E-state index contributed by atoms with van der Waals surface area (Å²) >= 11 is 0. The highest BCUT2D eigenvalue weighted by Gasteiger charge is 2.40. The number of carbonyl (C=O) groups is 3. The van der Waals surface area contributed by atoms with Crippen LogP contribution in [0, 0.1) is 0 Å². The van der Waals surface area contributed by atoms with Gasteiger partial charge in [-0.15, -0.1) is 0 Å². The fraction of sp³-hybridized carbons (Fsp3) is 0.526. The van der Waals surface area contributed by atoms with Gasteiger partial charge in [-0.1, -0.05) is 30.3 Å². The molecular formula is C19H28N2O8S. The molecule has 0 saturated carbocycles. The lowest BCUT2D eigenvalue weighted by atomic mass is 10.1. The van der Waals surface area contributed by atoms with Crippen molar-refractivity contribution in [2.45, 2.75) is 52.4 Å². The van der Waals surface area contributed by atoms with Crippen LogP contribution in [0.4, 0.5) is 4.79 Å². The molecule has 0 saturated heterocycles. The Morgan fingerprint density at radius 1 is 1.03 bits per heavy atom. The molecular weight excluding hydrogens is 416 g/mol. The van der Waals surface area contributed by atoms with Gasteiger partial charge in [0.15, 0.2) is 0 Å². The van der Waals surface area contributed by atoms with Crippen LogP contribution in [0.1, 0.15) is 40.2 Å². The van der Waals surface area contributed by atoms with Gasteiger partial charge in [-0.25, -0.2) is 4.79 Å². The van der Waals surface area contributed by atoms with Gasteiger partial charge in [0.2, 0.25) is 0 Å². The van der Waals surface area contributed by atoms with Gasteiger partial charge < -0.3 is 14.2 Å². The maximum absolute atomic E-state index is 12.8. The minimum Gasteiger partial charge on any atom is -0.468 e. The zero-order chi connectivity index (χ0) is 23.2. The number of nitrogens with zero attached hydrogens (tertiary/aromatic N) is 1. The van der Waals surface area contributed by atoms with Crippen LogP contribution in [0.15, 0.2) is 30.3 Å². The summed E-state index contributed by atoms with van der Waals surface area (Å²) in [5.41, 5.74) is -2.05. The van der Waals surface area contributed by atoms with Crippen LogP contribution >= 0.6 is 0 Å². The van der Waals surface area contributed by atoms with Crippen LogP contribution in [0.2, 0.25) is 0 Å². The largest absolute Gasteiger partial charge is 0.468 e. The summed E-state index contributed by atoms with van der Waals surface area (Å²) in [6.07, 6.45) is -1.30. The van der Waals surface area contributed by atoms with Crippen molar-refractivity contribution in [1.29, 1.82) is 0 Å². The molecule has 0 heterocycles. The third-order valence-corrected chi connectivity index (χ3v) is 5.11. The Morgan fingerprint density at radius 2 is 1.60 bits per heavy atom. The van der Waals surface area contributed by atoms with Crippen molar-refractivity contribution in [3.63, 3.8) is 0 Å². The molecule has 1 aromatic rings. The molecule has 1 aromatic carbocycles. The summed E-state index contributed by atoms with van der Waals surface area (Å²) in [5.74, 6) is -1.87. The van der Waals surface area contributed by atoms with E-state index in [0.29, 0.717) is 5.56 Å². The fourth-order valence-electron chi connectivity index (χ4n) is 2.14. The molecule has 30 heavy (non-hydrogen) atoms. The number of nitrogens with one attached hydrogen (secondary N) is 1. The third-order valence-electron chi connectivity index (χ3n) is 3.48. The van der Waals surface area contributed by atoms with Crippen LogP contribution in [0.25, 0.3) is 0 Å². The average molecular weight is 445 g/mol. The smallest absolute Gasteiger partial charge is 0.425 e. The second-order valence-corrected chi connectivity index (χ2v) is 9.45. The fourth-order valence-corrected chi connectivity index (χ4v) is 3.48. The summed E-state index contributed by atoms with van der Waals surface area (Å²) in [4.78, 5) is 36.6. The molecule has 0 bridgehead atoms. The third kappa shape index (κ3) is 7.99. The molecule has 0 spiro atoms. The molecule has 0 aliphatic heterocycles. The first kappa shape index (κ1) is 25.4. The van der Waals surface area contributed by atoms with Crippen molar-refractivity contribution in [2.75, 3.05) is 13.7 Å². The number of amides is 1. The molecule has 0 unspecified atom stereocenters. The summed E-state index contributed by atoms with van der Waals surface area (Å²) in [5, 5.41) is 0. The van der Waals surface area contributed by atoms with E-state index in [1.54, 1.807) is 30.3 Å². The van der Waals surface area contributed by atoms with Gasteiger partial charge in [-0.3, -0.25) is 9.59 Å². The SMILES string of the molecule is COC(=O)C(C)(C)NS(=O)(=O)N(CC(=O)OCc1ccccc1)C(=O)OC(C)(C)C.